The first-order chi connectivity index (χ1) is 46.2. The fourth-order valence-corrected chi connectivity index (χ4v) is 13.2. The zero-order valence-electron chi connectivity index (χ0n) is 50.0. The van der Waals surface area contributed by atoms with Gasteiger partial charge in [-0.1, -0.05) is 70.9 Å². The number of hydrogen-bond acceptors (Lipinski definition) is 20. The van der Waals surface area contributed by atoms with Gasteiger partial charge in [-0.15, -0.1) is 0 Å². The fourth-order valence-electron chi connectivity index (χ4n) is 13.2. The summed E-state index contributed by atoms with van der Waals surface area (Å²) in [5.74, 6) is 1.24. The molecule has 8 aromatic carbocycles. The van der Waals surface area contributed by atoms with Gasteiger partial charge in [-0.25, -0.2) is 19.2 Å². The quantitative estimate of drug-likeness (QED) is 0.0230. The number of esters is 2. The summed E-state index contributed by atoms with van der Waals surface area (Å²) in [4.78, 5) is 84.6. The number of rotatable bonds is 9. The Morgan fingerprint density at radius 2 is 0.989 bits per heavy atom. The van der Waals surface area contributed by atoms with Gasteiger partial charge in [0.25, 0.3) is 6.47 Å². The lowest BCUT2D eigenvalue weighted by atomic mass is 9.77. The van der Waals surface area contributed by atoms with E-state index in [1.165, 1.54) is 30.3 Å². The Kier molecular flexibility index (Phi) is 15.5. The smallest absolute Gasteiger partial charge is 0.340 e. The van der Waals surface area contributed by atoms with E-state index in [0.717, 1.165) is 48.7 Å². The Labute approximate surface area is 537 Å². The molecule has 2 aromatic heterocycles. The molecule has 2 unspecified atom stereocenters. The number of carbonyl (C=O) groups excluding carboxylic acids is 4. The molecule has 25 heteroatoms. The molecular weight excluding hydrogens is 1220 g/mol. The number of hydrogen-bond donors (Lipinski definition) is 3. The van der Waals surface area contributed by atoms with Crippen molar-refractivity contribution >= 4 is 69.0 Å². The molecule has 1 amide bonds. The Balaban J connectivity index is 0.000000138. The molecule has 2 saturated heterocycles. The van der Waals surface area contributed by atoms with Crippen LogP contribution in [-0.4, -0.2) is 91.8 Å². The second kappa shape index (κ2) is 24.6. The lowest BCUT2D eigenvalue weighted by molar-refractivity contribution is -0.131. The molecular formula is C70H52N10O15. The molecule has 2 atom stereocenters. The maximum Gasteiger partial charge on any atom is 0.340 e. The van der Waals surface area contributed by atoms with Crippen molar-refractivity contribution in [2.24, 2.45) is 10.2 Å². The number of aromatic hydroxyl groups is 2. The first kappa shape index (κ1) is 60.0. The topological polar surface area (TPSA) is 335 Å². The maximum absolute atomic E-state index is 13.4. The summed E-state index contributed by atoms with van der Waals surface area (Å²) in [5, 5.41) is 31.9. The van der Waals surface area contributed by atoms with E-state index in [0.29, 0.717) is 122 Å². The van der Waals surface area contributed by atoms with Gasteiger partial charge in [-0.05, 0) is 89.4 Å². The minimum Gasteiger partial charge on any atom is -0.508 e. The normalized spacial score (nSPS) is 17.4. The molecule has 16 rings (SSSR count). The summed E-state index contributed by atoms with van der Waals surface area (Å²) in [5.41, 5.74) is 23.1. The largest absolute Gasteiger partial charge is 0.508 e. The van der Waals surface area contributed by atoms with Crippen LogP contribution in [0.5, 0.6) is 34.5 Å². The third-order valence-corrected chi connectivity index (χ3v) is 17.4. The van der Waals surface area contributed by atoms with Crippen LogP contribution in [0.3, 0.4) is 0 Å². The summed E-state index contributed by atoms with van der Waals surface area (Å²) in [6.07, 6.45) is 0.0180. The number of azide groups is 2. The highest BCUT2D eigenvalue weighted by Gasteiger charge is 2.55. The Hall–Kier alpha value is -12.6. The number of benzene rings is 8. The molecule has 472 valence electrons. The summed E-state index contributed by atoms with van der Waals surface area (Å²) >= 11 is 0. The van der Waals surface area contributed by atoms with Crippen LogP contribution >= 0.6 is 0 Å². The minimum absolute atomic E-state index is 0.0180. The fraction of sp³-hybridized carbons (Fsp3) is 0.171. The standard InChI is InChI=1S/C35H25N5O7.C24H20N2O4.C11H7N3O4/c36-38-37-21-5-8-24-20(16-33(43)46-29(24)17-21)15-32(42)40-13-11-39(12-14-40)22-6-9-27-30(18-22)45-31-19-23(41)7-10-28(31)35(27)26-4-2-1-3-25(26)34(44)47-35;27-16-6-8-20-22(14-16)29-21-13-15(26-11-9-25-10-12-26)5-7-19(21)24(20)18-4-2-1-3-17(18)23(28)30-24;12-14-13-8-1-2-9-7(5-17-6-15)3-11(16)18-10(9)4-8/h1-10,16-19,41H,11-15H2;1-8,13-14,25,27H,9-12H2;1-4,6H,5H2. The van der Waals surface area contributed by atoms with Crippen molar-refractivity contribution in [2.45, 2.75) is 24.2 Å². The van der Waals surface area contributed by atoms with Gasteiger partial charge in [0.15, 0.2) is 11.2 Å². The monoisotopic (exact) mass is 1270 g/mol. The van der Waals surface area contributed by atoms with Crippen LogP contribution in [0, 0.1) is 0 Å². The number of piperazine rings is 2. The molecule has 25 nitrogen and oxygen atoms in total. The summed E-state index contributed by atoms with van der Waals surface area (Å²) < 4.78 is 39.7. The van der Waals surface area contributed by atoms with Crippen LogP contribution < -0.4 is 35.8 Å². The van der Waals surface area contributed by atoms with Gasteiger partial charge < -0.3 is 62.7 Å². The van der Waals surface area contributed by atoms with Crippen molar-refractivity contribution in [3.63, 3.8) is 0 Å². The van der Waals surface area contributed by atoms with Gasteiger partial charge in [0.05, 0.1) is 17.5 Å². The number of carbonyl (C=O) groups is 4. The number of nitrogens with one attached hydrogen (secondary N) is 1. The second-order valence-corrected chi connectivity index (χ2v) is 22.8. The molecule has 2 fully saturated rings. The predicted octanol–water partition coefficient (Wildman–Crippen LogP) is 11.7. The molecule has 0 bridgehead atoms. The van der Waals surface area contributed by atoms with Crippen molar-refractivity contribution in [2.75, 3.05) is 62.2 Å². The van der Waals surface area contributed by atoms with Crippen molar-refractivity contribution in [3.05, 3.63) is 267 Å². The van der Waals surface area contributed by atoms with Gasteiger partial charge in [-0.2, -0.15) is 0 Å². The van der Waals surface area contributed by atoms with Gasteiger partial charge in [0.1, 0.15) is 52.3 Å². The number of nitrogens with zero attached hydrogens (tertiary/aromatic N) is 9. The van der Waals surface area contributed by atoms with Gasteiger partial charge in [-0.3, -0.25) is 9.59 Å². The zero-order chi connectivity index (χ0) is 65.5. The molecule has 8 heterocycles. The molecule has 0 radical (unpaired) electrons. The molecule has 0 saturated carbocycles. The van der Waals surface area contributed by atoms with Crippen molar-refractivity contribution < 1.29 is 61.9 Å². The van der Waals surface area contributed by atoms with E-state index in [4.69, 9.17) is 38.8 Å². The number of phenolic OH excluding ortho intramolecular Hbond substituents is 2. The highest BCUT2D eigenvalue weighted by Crippen LogP contribution is 2.59. The Morgan fingerprint density at radius 1 is 0.537 bits per heavy atom. The number of phenols is 2. The van der Waals surface area contributed by atoms with E-state index in [1.54, 1.807) is 77.7 Å². The van der Waals surface area contributed by atoms with E-state index in [1.807, 2.05) is 60.7 Å². The summed E-state index contributed by atoms with van der Waals surface area (Å²) in [7, 11) is 0. The van der Waals surface area contributed by atoms with E-state index >= 15 is 0 Å². The third-order valence-electron chi connectivity index (χ3n) is 17.4. The van der Waals surface area contributed by atoms with Crippen LogP contribution in [0.25, 0.3) is 42.8 Å². The van der Waals surface area contributed by atoms with Gasteiger partial charge >= 0.3 is 23.2 Å². The molecule has 6 aliphatic rings. The molecule has 2 spiro atoms. The van der Waals surface area contributed by atoms with E-state index in [-0.39, 0.29) is 47.6 Å². The number of anilines is 2. The van der Waals surface area contributed by atoms with Crippen LogP contribution in [0.15, 0.2) is 199 Å². The van der Waals surface area contributed by atoms with E-state index < -0.39 is 28.4 Å². The maximum atomic E-state index is 13.4. The Morgan fingerprint density at radius 3 is 1.48 bits per heavy atom. The molecule has 3 N–H and O–H groups in total. The van der Waals surface area contributed by atoms with E-state index in [2.05, 4.69) is 46.0 Å². The van der Waals surface area contributed by atoms with Crippen molar-refractivity contribution in [1.82, 2.24) is 10.2 Å². The highest BCUT2D eigenvalue weighted by atomic mass is 16.6. The number of ether oxygens (including phenoxy) is 5. The average molecular weight is 1270 g/mol. The first-order valence-corrected chi connectivity index (χ1v) is 30.0. The van der Waals surface area contributed by atoms with Crippen molar-refractivity contribution in [1.29, 1.82) is 0 Å². The molecule has 95 heavy (non-hydrogen) atoms. The molecule has 0 aliphatic carbocycles. The summed E-state index contributed by atoms with van der Waals surface area (Å²) in [6.45, 7) is 6.01. The average Bonchev–Trinajstić information content (AvgIpc) is 1.62. The summed E-state index contributed by atoms with van der Waals surface area (Å²) in [6, 6.07) is 48.3. The van der Waals surface area contributed by atoms with Crippen LogP contribution in [0.1, 0.15) is 65.2 Å². The molecule has 10 aromatic rings. The van der Waals surface area contributed by atoms with E-state index in [9.17, 15) is 39.0 Å². The third kappa shape index (κ3) is 10.9. The van der Waals surface area contributed by atoms with Gasteiger partial charge in [0.2, 0.25) is 5.91 Å². The second-order valence-electron chi connectivity index (χ2n) is 22.8. The predicted molar refractivity (Wildman–Crippen MR) is 344 cm³/mol. The number of amides is 1. The minimum atomic E-state index is -1.22. The first-order valence-electron chi connectivity index (χ1n) is 30.0. The SMILES string of the molecule is O=C1OC2(c3ccc(O)cc3Oc3cc(N4CCNCC4)ccc32)c2ccccc21.[N-]=[N+]=Nc1ccc2c(CC(=O)N3CCN(c4ccc5c(c4)Oc4cc(O)ccc4C54OC(=O)c5ccccc54)CC3)cc(=O)oc2c1.[N-]=[N+]=Nc1ccc2c(COC=O)cc(=O)oc2c1. The lowest BCUT2D eigenvalue weighted by Gasteiger charge is -2.39. The van der Waals surface area contributed by atoms with Crippen LogP contribution in [0.4, 0.5) is 22.7 Å². The van der Waals surface area contributed by atoms with Crippen LogP contribution in [-0.2, 0) is 48.0 Å². The highest BCUT2D eigenvalue weighted by molar-refractivity contribution is 5.98. The number of fused-ring (bicyclic) bond motifs is 14. The Bertz CT molecular complexity index is 5070. The lowest BCUT2D eigenvalue weighted by Crippen LogP contribution is -2.49. The van der Waals surface area contributed by atoms with Crippen LogP contribution in [0.2, 0.25) is 0 Å². The van der Waals surface area contributed by atoms with Gasteiger partial charge in [0, 0.05) is 171 Å². The molecule has 6 aliphatic heterocycles. The van der Waals surface area contributed by atoms with Crippen molar-refractivity contribution in [3.8, 4) is 34.5 Å². The zero-order valence-corrected chi connectivity index (χ0v) is 50.0.